The Morgan fingerprint density at radius 3 is 2.04 bits per heavy atom. The van der Waals surface area contributed by atoms with Crippen molar-refractivity contribution in [1.82, 2.24) is 10.2 Å². The van der Waals surface area contributed by atoms with Crippen LogP contribution in [0.15, 0.2) is 78.9 Å². The number of benzene rings is 3. The average molecular weight is 686 g/mol. The predicted molar refractivity (Wildman–Crippen MR) is 190 cm³/mol. The van der Waals surface area contributed by atoms with Crippen LogP contribution in [0, 0.1) is 23.6 Å². The SMILES string of the molecule is CS(=O)(=O)N(CC(=O)N(Cc1ccccc1F)C(Cc1ccccc1)C(=O)NC1CCCC1)c1ccc(C23CC4CC(CC(C4)C2)C3)cc1. The van der Waals surface area contributed by atoms with Crippen molar-refractivity contribution in [2.24, 2.45) is 17.8 Å². The fourth-order valence-electron chi connectivity index (χ4n) is 9.79. The first-order chi connectivity index (χ1) is 23.6. The van der Waals surface area contributed by atoms with Gasteiger partial charge in [0.1, 0.15) is 18.4 Å². The molecule has 3 aromatic carbocycles. The number of nitrogens with one attached hydrogen (secondary N) is 1. The van der Waals surface area contributed by atoms with E-state index in [2.05, 4.69) is 17.4 Å². The van der Waals surface area contributed by atoms with Crippen molar-refractivity contribution in [3.63, 3.8) is 0 Å². The standard InChI is InChI=1S/C40H48FN3O4S/c1-49(47,48)44(35-17-15-33(16-18-35)40-23-29-19-30(24-40)21-31(20-29)25-40)27-38(45)43(26-32-11-5-8-14-36(32)41)37(22-28-9-3-2-4-10-28)39(46)42-34-12-6-7-13-34/h2-5,8-11,14-18,29-31,34,37H,6-7,12-13,19-27H2,1H3,(H,42,46). The third-order valence-corrected chi connectivity index (χ3v) is 12.9. The molecular formula is C40H48FN3O4S. The third kappa shape index (κ3) is 7.42. The number of halogens is 1. The van der Waals surface area contributed by atoms with Crippen LogP contribution in [-0.2, 0) is 38.0 Å². The molecule has 9 heteroatoms. The molecule has 2 amide bonds. The highest BCUT2D eigenvalue weighted by molar-refractivity contribution is 7.92. The van der Waals surface area contributed by atoms with Gasteiger partial charge in [0, 0.05) is 24.6 Å². The Morgan fingerprint density at radius 2 is 1.45 bits per heavy atom. The largest absolute Gasteiger partial charge is 0.352 e. The van der Waals surface area contributed by atoms with Crippen LogP contribution < -0.4 is 9.62 Å². The van der Waals surface area contributed by atoms with Gasteiger partial charge < -0.3 is 10.2 Å². The molecule has 0 spiro atoms. The molecule has 260 valence electrons. The van der Waals surface area contributed by atoms with Gasteiger partial charge in [-0.25, -0.2) is 12.8 Å². The van der Waals surface area contributed by atoms with Crippen LogP contribution in [0.4, 0.5) is 10.1 Å². The van der Waals surface area contributed by atoms with E-state index in [1.165, 1.54) is 55.1 Å². The molecule has 1 unspecified atom stereocenters. The first kappa shape index (κ1) is 33.8. The van der Waals surface area contributed by atoms with E-state index >= 15 is 4.39 Å². The summed E-state index contributed by atoms with van der Waals surface area (Å²) in [5.41, 5.74) is 2.94. The van der Waals surface area contributed by atoms with E-state index in [9.17, 15) is 18.0 Å². The van der Waals surface area contributed by atoms with Gasteiger partial charge in [0.15, 0.2) is 0 Å². The normalized spacial score (nSPS) is 25.2. The molecule has 5 fully saturated rings. The molecule has 5 saturated carbocycles. The van der Waals surface area contributed by atoms with Crippen LogP contribution in [-0.4, -0.2) is 50.0 Å². The van der Waals surface area contributed by atoms with E-state index in [4.69, 9.17) is 0 Å². The quantitative estimate of drug-likeness (QED) is 0.228. The molecule has 49 heavy (non-hydrogen) atoms. The fourth-order valence-corrected chi connectivity index (χ4v) is 10.6. The maximum Gasteiger partial charge on any atom is 0.244 e. The zero-order valence-corrected chi connectivity index (χ0v) is 29.2. The first-order valence-electron chi connectivity index (χ1n) is 18.0. The first-order valence-corrected chi connectivity index (χ1v) is 19.9. The van der Waals surface area contributed by atoms with E-state index < -0.39 is 34.3 Å². The van der Waals surface area contributed by atoms with Gasteiger partial charge in [0.05, 0.1) is 11.9 Å². The number of sulfonamides is 1. The second kappa shape index (κ2) is 13.9. The summed E-state index contributed by atoms with van der Waals surface area (Å²) in [6.45, 7) is -0.685. The zero-order chi connectivity index (χ0) is 34.2. The Balaban J connectivity index is 1.19. The van der Waals surface area contributed by atoms with Gasteiger partial charge in [-0.3, -0.25) is 13.9 Å². The number of anilines is 1. The molecular weight excluding hydrogens is 638 g/mol. The Labute approximate surface area is 290 Å². The van der Waals surface area contributed by atoms with Gasteiger partial charge in [-0.1, -0.05) is 73.5 Å². The van der Waals surface area contributed by atoms with Crippen molar-refractivity contribution in [2.45, 2.75) is 94.7 Å². The van der Waals surface area contributed by atoms with Crippen molar-refractivity contribution in [2.75, 3.05) is 17.1 Å². The Hall–Kier alpha value is -3.72. The van der Waals surface area contributed by atoms with Gasteiger partial charge in [-0.05, 0) is 104 Å². The molecule has 4 bridgehead atoms. The maximum atomic E-state index is 15.1. The highest BCUT2D eigenvalue weighted by Crippen LogP contribution is 2.60. The molecule has 0 heterocycles. The highest BCUT2D eigenvalue weighted by Gasteiger charge is 2.51. The number of rotatable bonds is 12. The summed E-state index contributed by atoms with van der Waals surface area (Å²) in [5, 5.41) is 3.15. The molecule has 1 N–H and O–H groups in total. The van der Waals surface area contributed by atoms with E-state index in [-0.39, 0.29) is 35.9 Å². The molecule has 5 aliphatic carbocycles. The maximum absolute atomic E-state index is 15.1. The molecule has 0 saturated heterocycles. The van der Waals surface area contributed by atoms with Crippen LogP contribution in [0.2, 0.25) is 0 Å². The van der Waals surface area contributed by atoms with Crippen LogP contribution >= 0.6 is 0 Å². The number of hydrogen-bond donors (Lipinski definition) is 1. The number of hydrogen-bond acceptors (Lipinski definition) is 4. The summed E-state index contributed by atoms with van der Waals surface area (Å²) in [6.07, 6.45) is 12.7. The second-order valence-electron chi connectivity index (χ2n) is 15.3. The lowest BCUT2D eigenvalue weighted by atomic mass is 9.48. The van der Waals surface area contributed by atoms with Gasteiger partial charge in [0.2, 0.25) is 21.8 Å². The monoisotopic (exact) mass is 685 g/mol. The number of nitrogens with zero attached hydrogens (tertiary/aromatic N) is 2. The van der Waals surface area contributed by atoms with E-state index in [0.717, 1.165) is 59.6 Å². The molecule has 0 aromatic heterocycles. The Kier molecular flexibility index (Phi) is 9.57. The van der Waals surface area contributed by atoms with Gasteiger partial charge >= 0.3 is 0 Å². The lowest BCUT2D eigenvalue weighted by molar-refractivity contribution is -0.140. The summed E-state index contributed by atoms with van der Waals surface area (Å²) in [5.74, 6) is 0.978. The second-order valence-corrected chi connectivity index (χ2v) is 17.2. The summed E-state index contributed by atoms with van der Waals surface area (Å²) < 4.78 is 42.9. The zero-order valence-electron chi connectivity index (χ0n) is 28.4. The van der Waals surface area contributed by atoms with Gasteiger partial charge in [-0.15, -0.1) is 0 Å². The minimum atomic E-state index is -3.90. The van der Waals surface area contributed by atoms with E-state index in [0.29, 0.717) is 5.69 Å². The van der Waals surface area contributed by atoms with Crippen LogP contribution in [0.1, 0.15) is 80.9 Å². The summed E-state index contributed by atoms with van der Waals surface area (Å²) >= 11 is 0. The Bertz CT molecular complexity index is 1720. The molecule has 7 nitrogen and oxygen atoms in total. The lowest BCUT2D eigenvalue weighted by Crippen LogP contribution is -2.54. The van der Waals surface area contributed by atoms with Crippen molar-refractivity contribution in [1.29, 1.82) is 0 Å². The van der Waals surface area contributed by atoms with Crippen molar-refractivity contribution >= 4 is 27.5 Å². The number of carbonyl (C=O) groups excluding carboxylic acids is 2. The van der Waals surface area contributed by atoms with Crippen molar-refractivity contribution in [3.8, 4) is 0 Å². The topological polar surface area (TPSA) is 86.8 Å². The summed E-state index contributed by atoms with van der Waals surface area (Å²) in [6, 6.07) is 22.5. The summed E-state index contributed by atoms with van der Waals surface area (Å²) in [4.78, 5) is 29.9. The van der Waals surface area contributed by atoms with Crippen LogP contribution in [0.25, 0.3) is 0 Å². The van der Waals surface area contributed by atoms with Crippen LogP contribution in [0.5, 0.6) is 0 Å². The fraction of sp³-hybridized carbons (Fsp3) is 0.500. The molecule has 0 radical (unpaired) electrons. The number of carbonyl (C=O) groups is 2. The van der Waals surface area contributed by atoms with Gasteiger partial charge in [0.25, 0.3) is 0 Å². The average Bonchev–Trinajstić information content (AvgIpc) is 3.58. The number of amides is 2. The molecule has 8 rings (SSSR count). The predicted octanol–water partition coefficient (Wildman–Crippen LogP) is 6.76. The van der Waals surface area contributed by atoms with E-state index in [1.807, 2.05) is 42.5 Å². The molecule has 0 aliphatic heterocycles. The minimum Gasteiger partial charge on any atom is -0.352 e. The Morgan fingerprint density at radius 1 is 0.857 bits per heavy atom. The molecule has 5 aliphatic rings. The smallest absolute Gasteiger partial charge is 0.244 e. The minimum absolute atomic E-state index is 0.0104. The van der Waals surface area contributed by atoms with Crippen molar-refractivity contribution in [3.05, 3.63) is 101 Å². The van der Waals surface area contributed by atoms with E-state index in [1.54, 1.807) is 18.2 Å². The molecule has 3 aromatic rings. The highest BCUT2D eigenvalue weighted by atomic mass is 32.2. The van der Waals surface area contributed by atoms with Gasteiger partial charge in [-0.2, -0.15) is 0 Å². The van der Waals surface area contributed by atoms with Crippen molar-refractivity contribution < 1.29 is 22.4 Å². The third-order valence-electron chi connectivity index (χ3n) is 11.8. The molecule has 1 atom stereocenters. The summed E-state index contributed by atoms with van der Waals surface area (Å²) in [7, 11) is -3.90. The van der Waals surface area contributed by atoms with Crippen LogP contribution in [0.3, 0.4) is 0 Å². The lowest BCUT2D eigenvalue weighted by Gasteiger charge is -2.57.